The van der Waals surface area contributed by atoms with Crippen molar-refractivity contribution in [2.75, 3.05) is 13.2 Å². The lowest BCUT2D eigenvalue weighted by atomic mass is 10.0. The maximum atomic E-state index is 5.96. The molecule has 2 aliphatic heterocycles. The van der Waals surface area contributed by atoms with Crippen LogP contribution in [0.3, 0.4) is 0 Å². The number of hydrogen-bond acceptors (Lipinski definition) is 3. The van der Waals surface area contributed by atoms with Gasteiger partial charge < -0.3 is 19.5 Å². The van der Waals surface area contributed by atoms with Crippen molar-refractivity contribution < 1.29 is 4.74 Å². The highest BCUT2D eigenvalue weighted by molar-refractivity contribution is 7.80. The Labute approximate surface area is 182 Å². The van der Waals surface area contributed by atoms with Gasteiger partial charge in [-0.25, -0.2) is 0 Å². The molecular weight excluding hydrogens is 392 g/mol. The fraction of sp³-hybridized carbons (Fsp3) is 0.333. The van der Waals surface area contributed by atoms with Gasteiger partial charge in [-0.05, 0) is 68.4 Å². The zero-order valence-corrected chi connectivity index (χ0v) is 17.9. The summed E-state index contributed by atoms with van der Waals surface area (Å²) in [6.07, 6.45) is 4.27. The van der Waals surface area contributed by atoms with Crippen LogP contribution in [0.15, 0.2) is 66.9 Å². The molecule has 0 spiro atoms. The summed E-state index contributed by atoms with van der Waals surface area (Å²) in [4.78, 5) is 6.96. The summed E-state index contributed by atoms with van der Waals surface area (Å²) in [7, 11) is 0. The Bertz CT molecular complexity index is 1010. The van der Waals surface area contributed by atoms with E-state index in [0.29, 0.717) is 0 Å². The summed E-state index contributed by atoms with van der Waals surface area (Å²) < 4.78 is 8.29. The van der Waals surface area contributed by atoms with Crippen LogP contribution in [0.1, 0.15) is 42.0 Å². The molecule has 2 fully saturated rings. The Morgan fingerprint density at radius 3 is 2.67 bits per heavy atom. The SMILES string of the molecule is Cc1ccc([C@@H]2[C@@H](c3ccccn3)NC(=S)N2C[C@@H]2CCCO2)n1-c1ccccc1. The zero-order chi connectivity index (χ0) is 20.5. The van der Waals surface area contributed by atoms with Gasteiger partial charge in [0.15, 0.2) is 5.11 Å². The molecular formula is C24H26N4OS. The fourth-order valence-electron chi connectivity index (χ4n) is 4.65. The van der Waals surface area contributed by atoms with Crippen LogP contribution < -0.4 is 5.32 Å². The summed E-state index contributed by atoms with van der Waals surface area (Å²) in [6, 6.07) is 21.0. The van der Waals surface area contributed by atoms with Crippen molar-refractivity contribution in [2.24, 2.45) is 0 Å². The van der Waals surface area contributed by atoms with Crippen molar-refractivity contribution in [1.82, 2.24) is 19.8 Å². The monoisotopic (exact) mass is 418 g/mol. The van der Waals surface area contributed by atoms with E-state index < -0.39 is 0 Å². The molecule has 5 rings (SSSR count). The minimum atomic E-state index is -0.0168. The number of nitrogens with zero attached hydrogens (tertiary/aromatic N) is 3. The van der Waals surface area contributed by atoms with Gasteiger partial charge in [0.05, 0.1) is 23.9 Å². The second-order valence-electron chi connectivity index (χ2n) is 7.98. The van der Waals surface area contributed by atoms with Gasteiger partial charge in [0, 0.05) is 36.4 Å². The number of aromatic nitrogens is 2. The molecule has 6 heteroatoms. The van der Waals surface area contributed by atoms with E-state index in [9.17, 15) is 0 Å². The van der Waals surface area contributed by atoms with Gasteiger partial charge in [0.2, 0.25) is 0 Å². The number of thiocarbonyl (C=S) groups is 1. The number of rotatable bonds is 5. The molecule has 3 aromatic rings. The molecule has 1 N–H and O–H groups in total. The van der Waals surface area contributed by atoms with Crippen LogP contribution in [0.5, 0.6) is 0 Å². The quantitative estimate of drug-likeness (QED) is 0.625. The Kier molecular flexibility index (Phi) is 5.27. The number of aryl methyl sites for hydroxylation is 1. The van der Waals surface area contributed by atoms with Gasteiger partial charge in [0.1, 0.15) is 0 Å². The lowest BCUT2D eigenvalue weighted by Crippen LogP contribution is -2.36. The van der Waals surface area contributed by atoms with Crippen LogP contribution in [0.4, 0.5) is 0 Å². The number of nitrogens with one attached hydrogen (secondary N) is 1. The van der Waals surface area contributed by atoms with Crippen LogP contribution in [0, 0.1) is 6.92 Å². The first-order valence-electron chi connectivity index (χ1n) is 10.6. The van der Waals surface area contributed by atoms with Crippen LogP contribution in [-0.4, -0.2) is 38.8 Å². The molecule has 5 nitrogen and oxygen atoms in total. The first-order chi connectivity index (χ1) is 14.7. The largest absolute Gasteiger partial charge is 0.376 e. The molecule has 0 amide bonds. The third kappa shape index (κ3) is 3.50. The van der Waals surface area contributed by atoms with Gasteiger partial charge >= 0.3 is 0 Å². The van der Waals surface area contributed by atoms with Gasteiger partial charge in [-0.15, -0.1) is 0 Å². The van der Waals surface area contributed by atoms with E-state index in [-0.39, 0.29) is 18.2 Å². The van der Waals surface area contributed by atoms with E-state index in [1.54, 1.807) is 0 Å². The van der Waals surface area contributed by atoms with Crippen molar-refractivity contribution >= 4 is 17.3 Å². The van der Waals surface area contributed by atoms with Crippen molar-refractivity contribution in [1.29, 1.82) is 0 Å². The predicted octanol–water partition coefficient (Wildman–Crippen LogP) is 4.33. The average Bonchev–Trinajstić information content (AvgIpc) is 3.50. The van der Waals surface area contributed by atoms with Crippen LogP contribution >= 0.6 is 12.2 Å². The Morgan fingerprint density at radius 1 is 1.10 bits per heavy atom. The topological polar surface area (TPSA) is 42.3 Å². The van der Waals surface area contributed by atoms with Gasteiger partial charge in [-0.3, -0.25) is 4.98 Å². The zero-order valence-electron chi connectivity index (χ0n) is 17.1. The third-order valence-corrected chi connectivity index (χ3v) is 6.40. The molecule has 154 valence electrons. The number of hydrogen-bond donors (Lipinski definition) is 1. The molecule has 2 aliphatic rings. The first-order valence-corrected chi connectivity index (χ1v) is 11.0. The van der Waals surface area contributed by atoms with Crippen LogP contribution in [0.2, 0.25) is 0 Å². The summed E-state index contributed by atoms with van der Waals surface area (Å²) in [6.45, 7) is 3.78. The number of pyridine rings is 1. The Morgan fingerprint density at radius 2 is 1.93 bits per heavy atom. The molecule has 1 aromatic carbocycles. The maximum Gasteiger partial charge on any atom is 0.170 e. The van der Waals surface area contributed by atoms with Crippen LogP contribution in [0.25, 0.3) is 5.69 Å². The second kappa shape index (κ2) is 8.20. The Hall–Kier alpha value is -2.70. The van der Waals surface area contributed by atoms with Gasteiger partial charge in [-0.2, -0.15) is 0 Å². The van der Waals surface area contributed by atoms with Crippen molar-refractivity contribution in [2.45, 2.75) is 38.0 Å². The standard InChI is InChI=1S/C24H26N4OS/c1-17-12-13-21(28(17)18-8-3-2-4-9-18)23-22(20-11-5-6-14-25-20)26-24(30)27(23)16-19-10-7-15-29-19/h2-6,8-9,11-14,19,22-23H,7,10,15-16H2,1H3,(H,26,30)/t19-,22+,23+/m0/s1. The molecule has 0 saturated carbocycles. The first kappa shape index (κ1) is 19.3. The van der Waals surface area contributed by atoms with Gasteiger partial charge in [0.25, 0.3) is 0 Å². The number of ether oxygens (including phenoxy) is 1. The summed E-state index contributed by atoms with van der Waals surface area (Å²) >= 11 is 5.82. The average molecular weight is 419 g/mol. The van der Waals surface area contributed by atoms with E-state index in [1.807, 2.05) is 18.3 Å². The summed E-state index contributed by atoms with van der Waals surface area (Å²) in [5.74, 6) is 0. The van der Waals surface area contributed by atoms with E-state index in [1.165, 1.54) is 11.4 Å². The van der Waals surface area contributed by atoms with Crippen molar-refractivity contribution in [3.63, 3.8) is 0 Å². The lowest BCUT2D eigenvalue weighted by molar-refractivity contribution is 0.0836. The molecule has 2 saturated heterocycles. The molecule has 2 aromatic heterocycles. The molecule has 30 heavy (non-hydrogen) atoms. The lowest BCUT2D eigenvalue weighted by Gasteiger charge is -2.30. The summed E-state index contributed by atoms with van der Waals surface area (Å²) in [5.41, 5.74) is 4.56. The highest BCUT2D eigenvalue weighted by Gasteiger charge is 2.42. The highest BCUT2D eigenvalue weighted by atomic mass is 32.1. The van der Waals surface area contributed by atoms with Gasteiger partial charge in [-0.1, -0.05) is 24.3 Å². The minimum Gasteiger partial charge on any atom is -0.376 e. The molecule has 4 heterocycles. The molecule has 3 atom stereocenters. The van der Waals surface area contributed by atoms with Crippen molar-refractivity contribution in [3.8, 4) is 5.69 Å². The molecule has 0 aliphatic carbocycles. The van der Waals surface area contributed by atoms with E-state index in [2.05, 4.69) is 75.2 Å². The van der Waals surface area contributed by atoms with Crippen LogP contribution in [-0.2, 0) is 4.74 Å². The van der Waals surface area contributed by atoms with E-state index >= 15 is 0 Å². The fourth-order valence-corrected chi connectivity index (χ4v) is 4.97. The maximum absolute atomic E-state index is 5.96. The number of benzene rings is 1. The molecule has 0 unspecified atom stereocenters. The smallest absolute Gasteiger partial charge is 0.170 e. The van der Waals surface area contributed by atoms with E-state index in [0.717, 1.165) is 42.5 Å². The number of para-hydroxylation sites is 1. The molecule has 0 radical (unpaired) electrons. The second-order valence-corrected chi connectivity index (χ2v) is 8.37. The minimum absolute atomic E-state index is 0.0168. The third-order valence-electron chi connectivity index (χ3n) is 6.05. The Balaban J connectivity index is 1.60. The predicted molar refractivity (Wildman–Crippen MR) is 122 cm³/mol. The normalized spacial score (nSPS) is 23.7. The van der Waals surface area contributed by atoms with E-state index in [4.69, 9.17) is 17.0 Å². The van der Waals surface area contributed by atoms with Crippen molar-refractivity contribution in [3.05, 3.63) is 83.9 Å². The highest BCUT2D eigenvalue weighted by Crippen LogP contribution is 2.40. The molecule has 0 bridgehead atoms. The summed E-state index contributed by atoms with van der Waals surface area (Å²) in [5, 5.41) is 4.32.